The van der Waals surface area contributed by atoms with Crippen LogP contribution in [-0.2, 0) is 9.53 Å². The number of esters is 1. The lowest BCUT2D eigenvalue weighted by Crippen LogP contribution is -2.16. The van der Waals surface area contributed by atoms with E-state index in [1.54, 1.807) is 55.5 Å². The summed E-state index contributed by atoms with van der Waals surface area (Å²) >= 11 is 0. The van der Waals surface area contributed by atoms with Gasteiger partial charge in [-0.3, -0.25) is 9.59 Å². The number of carbonyl (C=O) groups excluding carboxylic acids is 3. The average Bonchev–Trinajstić information content (AvgIpc) is 3.48. The number of amides is 2. The fourth-order valence-electron chi connectivity index (χ4n) is 2.47. The lowest BCUT2D eigenvalue weighted by molar-refractivity contribution is -0.117. The summed E-state index contributed by atoms with van der Waals surface area (Å²) in [5.74, 6) is -0.689. The monoisotopic (exact) mass is 352 g/mol. The number of hydrogen-bond donors (Lipinski definition) is 2. The van der Waals surface area contributed by atoms with Crippen LogP contribution in [0.1, 0.15) is 40.5 Å². The second kappa shape index (κ2) is 7.82. The van der Waals surface area contributed by atoms with Crippen LogP contribution in [0.25, 0.3) is 0 Å². The van der Waals surface area contributed by atoms with E-state index in [0.29, 0.717) is 22.5 Å². The third kappa shape index (κ3) is 4.27. The van der Waals surface area contributed by atoms with Crippen molar-refractivity contribution in [2.24, 2.45) is 5.92 Å². The Morgan fingerprint density at radius 3 is 2.35 bits per heavy atom. The maximum absolute atomic E-state index is 12.4. The van der Waals surface area contributed by atoms with E-state index in [9.17, 15) is 14.4 Å². The SMILES string of the molecule is CCOC(=O)c1ccccc1NC(=O)c1ccc(NC(=O)C2CC2)cc1. The standard InChI is InChI=1S/C20H20N2O4/c1-2-26-20(25)16-5-3-4-6-17(16)22-19(24)14-9-11-15(12-10-14)21-18(23)13-7-8-13/h3-6,9-13H,2,7-8H2,1H3,(H,21,23)(H,22,24). The van der Waals surface area contributed by atoms with Gasteiger partial charge >= 0.3 is 5.97 Å². The maximum Gasteiger partial charge on any atom is 0.340 e. The van der Waals surface area contributed by atoms with Gasteiger partial charge in [0.1, 0.15) is 0 Å². The first kappa shape index (κ1) is 17.7. The van der Waals surface area contributed by atoms with Crippen LogP contribution >= 0.6 is 0 Å². The highest BCUT2D eigenvalue weighted by molar-refractivity contribution is 6.08. The number of nitrogens with one attached hydrogen (secondary N) is 2. The van der Waals surface area contributed by atoms with Crippen molar-refractivity contribution < 1.29 is 19.1 Å². The van der Waals surface area contributed by atoms with Crippen LogP contribution in [0.4, 0.5) is 11.4 Å². The molecule has 0 unspecified atom stereocenters. The molecule has 1 aliphatic rings. The number of ether oxygens (including phenoxy) is 1. The third-order valence-electron chi connectivity index (χ3n) is 4.03. The van der Waals surface area contributed by atoms with Crippen molar-refractivity contribution in [1.29, 1.82) is 0 Å². The van der Waals surface area contributed by atoms with E-state index >= 15 is 0 Å². The minimum absolute atomic E-state index is 0.0190. The van der Waals surface area contributed by atoms with E-state index < -0.39 is 5.97 Å². The fraction of sp³-hybridized carbons (Fsp3) is 0.250. The van der Waals surface area contributed by atoms with Crippen molar-refractivity contribution in [2.45, 2.75) is 19.8 Å². The molecule has 0 saturated heterocycles. The van der Waals surface area contributed by atoms with Gasteiger partial charge in [-0.25, -0.2) is 4.79 Å². The zero-order valence-electron chi connectivity index (χ0n) is 14.5. The quantitative estimate of drug-likeness (QED) is 0.780. The van der Waals surface area contributed by atoms with E-state index in [2.05, 4.69) is 10.6 Å². The smallest absolute Gasteiger partial charge is 0.340 e. The molecule has 0 heterocycles. The van der Waals surface area contributed by atoms with Gasteiger partial charge in [-0.1, -0.05) is 12.1 Å². The summed E-state index contributed by atoms with van der Waals surface area (Å²) in [6.07, 6.45) is 1.87. The predicted molar refractivity (Wildman–Crippen MR) is 98.1 cm³/mol. The van der Waals surface area contributed by atoms with Crippen LogP contribution in [0.3, 0.4) is 0 Å². The Bertz CT molecular complexity index is 826. The summed E-state index contributed by atoms with van der Waals surface area (Å²) in [5, 5.41) is 5.55. The highest BCUT2D eigenvalue weighted by atomic mass is 16.5. The van der Waals surface area contributed by atoms with Crippen LogP contribution in [0.15, 0.2) is 48.5 Å². The Hall–Kier alpha value is -3.15. The zero-order chi connectivity index (χ0) is 18.5. The molecule has 3 rings (SSSR count). The number of rotatable bonds is 6. The molecule has 0 spiro atoms. The molecule has 0 radical (unpaired) electrons. The highest BCUT2D eigenvalue weighted by Crippen LogP contribution is 2.30. The molecule has 6 nitrogen and oxygen atoms in total. The van der Waals surface area contributed by atoms with E-state index in [1.807, 2.05) is 0 Å². The molecule has 1 aliphatic carbocycles. The van der Waals surface area contributed by atoms with E-state index in [4.69, 9.17) is 4.74 Å². The molecule has 2 amide bonds. The third-order valence-corrected chi connectivity index (χ3v) is 4.03. The van der Waals surface area contributed by atoms with Crippen molar-refractivity contribution in [1.82, 2.24) is 0 Å². The molecule has 2 N–H and O–H groups in total. The summed E-state index contributed by atoms with van der Waals surface area (Å²) in [4.78, 5) is 36.2. The highest BCUT2D eigenvalue weighted by Gasteiger charge is 2.29. The first-order chi connectivity index (χ1) is 12.6. The number of benzene rings is 2. The summed E-state index contributed by atoms with van der Waals surface area (Å²) in [6, 6.07) is 13.3. The van der Waals surface area contributed by atoms with Gasteiger partial charge in [-0.15, -0.1) is 0 Å². The molecule has 0 aliphatic heterocycles. The van der Waals surface area contributed by atoms with E-state index in [1.165, 1.54) is 0 Å². The minimum atomic E-state index is -0.485. The van der Waals surface area contributed by atoms with Gasteiger partial charge in [0.05, 0.1) is 17.9 Å². The molecule has 0 aromatic heterocycles. The normalized spacial score (nSPS) is 13.0. The van der Waals surface area contributed by atoms with Crippen LogP contribution < -0.4 is 10.6 Å². The molecular weight excluding hydrogens is 332 g/mol. The summed E-state index contributed by atoms with van der Waals surface area (Å²) in [7, 11) is 0. The molecule has 0 atom stereocenters. The molecule has 2 aromatic rings. The predicted octanol–water partition coefficient (Wildman–Crippen LogP) is 3.46. The first-order valence-corrected chi connectivity index (χ1v) is 8.57. The number of anilines is 2. The Morgan fingerprint density at radius 1 is 1.00 bits per heavy atom. The molecule has 26 heavy (non-hydrogen) atoms. The van der Waals surface area contributed by atoms with Gasteiger partial charge < -0.3 is 15.4 Å². The largest absolute Gasteiger partial charge is 0.462 e. The van der Waals surface area contributed by atoms with Crippen LogP contribution in [0, 0.1) is 5.92 Å². The van der Waals surface area contributed by atoms with E-state index in [-0.39, 0.29) is 24.3 Å². The summed E-state index contributed by atoms with van der Waals surface area (Å²) in [5.41, 5.74) is 1.77. The van der Waals surface area contributed by atoms with Gasteiger partial charge in [-0.2, -0.15) is 0 Å². The fourth-order valence-corrected chi connectivity index (χ4v) is 2.47. The molecule has 1 fully saturated rings. The topological polar surface area (TPSA) is 84.5 Å². The number of para-hydroxylation sites is 1. The maximum atomic E-state index is 12.4. The molecule has 2 aromatic carbocycles. The van der Waals surface area contributed by atoms with Crippen molar-refractivity contribution in [2.75, 3.05) is 17.2 Å². The van der Waals surface area contributed by atoms with Gasteiger partial charge in [0, 0.05) is 17.2 Å². The Morgan fingerprint density at radius 2 is 1.69 bits per heavy atom. The summed E-state index contributed by atoms with van der Waals surface area (Å²) < 4.78 is 5.00. The molecule has 6 heteroatoms. The number of hydrogen-bond acceptors (Lipinski definition) is 4. The van der Waals surface area contributed by atoms with Crippen molar-refractivity contribution in [3.63, 3.8) is 0 Å². The van der Waals surface area contributed by atoms with Gasteiger partial charge in [0.25, 0.3) is 5.91 Å². The lowest BCUT2D eigenvalue weighted by atomic mass is 10.1. The minimum Gasteiger partial charge on any atom is -0.462 e. The van der Waals surface area contributed by atoms with Gasteiger partial charge in [0.2, 0.25) is 5.91 Å². The van der Waals surface area contributed by atoms with Gasteiger partial charge in [0.15, 0.2) is 0 Å². The van der Waals surface area contributed by atoms with Crippen molar-refractivity contribution >= 4 is 29.2 Å². The first-order valence-electron chi connectivity index (χ1n) is 8.57. The molecule has 134 valence electrons. The Labute approximate surface area is 151 Å². The second-order valence-corrected chi connectivity index (χ2v) is 6.06. The van der Waals surface area contributed by atoms with Crippen molar-refractivity contribution in [3.05, 3.63) is 59.7 Å². The van der Waals surface area contributed by atoms with Crippen LogP contribution in [0.2, 0.25) is 0 Å². The average molecular weight is 352 g/mol. The van der Waals surface area contributed by atoms with Crippen LogP contribution in [0.5, 0.6) is 0 Å². The van der Waals surface area contributed by atoms with Gasteiger partial charge in [-0.05, 0) is 56.2 Å². The zero-order valence-corrected chi connectivity index (χ0v) is 14.5. The molecule has 0 bridgehead atoms. The summed E-state index contributed by atoms with van der Waals surface area (Å²) in [6.45, 7) is 1.98. The molecular formula is C20H20N2O4. The van der Waals surface area contributed by atoms with Crippen LogP contribution in [-0.4, -0.2) is 24.4 Å². The second-order valence-electron chi connectivity index (χ2n) is 6.06. The van der Waals surface area contributed by atoms with Crippen molar-refractivity contribution in [3.8, 4) is 0 Å². The Kier molecular flexibility index (Phi) is 5.31. The lowest BCUT2D eigenvalue weighted by Gasteiger charge is -2.11. The van der Waals surface area contributed by atoms with E-state index in [0.717, 1.165) is 12.8 Å². The Balaban J connectivity index is 1.68. The number of carbonyl (C=O) groups is 3. The molecule has 1 saturated carbocycles.